The van der Waals surface area contributed by atoms with Crippen LogP contribution in [-0.4, -0.2) is 17.6 Å². The molecule has 1 heterocycles. The maximum absolute atomic E-state index is 13.7. The number of halogens is 1. The van der Waals surface area contributed by atoms with E-state index < -0.39 is 0 Å². The van der Waals surface area contributed by atoms with E-state index in [4.69, 9.17) is 0 Å². The van der Waals surface area contributed by atoms with Crippen LogP contribution in [0, 0.1) is 5.82 Å². The van der Waals surface area contributed by atoms with Crippen molar-refractivity contribution < 1.29 is 4.39 Å². The molecule has 0 radical (unpaired) electrons. The summed E-state index contributed by atoms with van der Waals surface area (Å²) in [5, 5.41) is 6.52. The molecule has 0 spiro atoms. The number of aromatic nitrogens is 1. The number of thiazole rings is 1. The van der Waals surface area contributed by atoms with E-state index in [2.05, 4.69) is 31.1 Å². The molecule has 21 heavy (non-hydrogen) atoms. The van der Waals surface area contributed by atoms with Crippen LogP contribution in [0.1, 0.15) is 31.5 Å². The Morgan fingerprint density at radius 3 is 2.67 bits per heavy atom. The first kappa shape index (κ1) is 15.9. The number of hydrogen-bond donors (Lipinski definition) is 1. The third kappa shape index (κ3) is 4.79. The predicted molar refractivity (Wildman–Crippen MR) is 87.2 cm³/mol. The molecule has 1 aromatic carbocycles. The number of benzene rings is 1. The van der Waals surface area contributed by atoms with Gasteiger partial charge in [0.1, 0.15) is 10.8 Å². The molecule has 0 amide bonds. The SMILES string of the molecule is CN(Cc1csc(CNC(C)(C)C)n1)c1ccccc1F. The second-order valence-electron chi connectivity index (χ2n) is 6.14. The van der Waals surface area contributed by atoms with Gasteiger partial charge in [0.2, 0.25) is 0 Å². The van der Waals surface area contributed by atoms with Crippen molar-refractivity contribution in [2.75, 3.05) is 11.9 Å². The number of para-hydroxylation sites is 1. The Kier molecular flexibility index (Phi) is 4.96. The summed E-state index contributed by atoms with van der Waals surface area (Å²) in [4.78, 5) is 6.48. The molecule has 0 aliphatic heterocycles. The monoisotopic (exact) mass is 307 g/mol. The van der Waals surface area contributed by atoms with Gasteiger partial charge in [-0.1, -0.05) is 12.1 Å². The fourth-order valence-corrected chi connectivity index (χ4v) is 2.66. The van der Waals surface area contributed by atoms with Crippen LogP contribution in [0.25, 0.3) is 0 Å². The fraction of sp³-hybridized carbons (Fsp3) is 0.438. The smallest absolute Gasteiger partial charge is 0.146 e. The Morgan fingerprint density at radius 1 is 1.29 bits per heavy atom. The molecular formula is C16H22FN3S. The molecule has 0 saturated heterocycles. The Balaban J connectivity index is 1.98. The Hall–Kier alpha value is -1.46. The fourth-order valence-electron chi connectivity index (χ4n) is 1.93. The van der Waals surface area contributed by atoms with E-state index in [1.54, 1.807) is 23.5 Å². The summed E-state index contributed by atoms with van der Waals surface area (Å²) in [6.45, 7) is 7.76. The maximum Gasteiger partial charge on any atom is 0.146 e. The molecule has 0 unspecified atom stereocenters. The van der Waals surface area contributed by atoms with E-state index in [9.17, 15) is 4.39 Å². The van der Waals surface area contributed by atoms with Crippen molar-refractivity contribution in [1.29, 1.82) is 0 Å². The van der Waals surface area contributed by atoms with Crippen LogP contribution in [0.15, 0.2) is 29.6 Å². The number of nitrogens with one attached hydrogen (secondary N) is 1. The third-order valence-corrected chi connectivity index (χ3v) is 3.93. The summed E-state index contributed by atoms with van der Waals surface area (Å²) < 4.78 is 13.7. The second kappa shape index (κ2) is 6.54. The molecule has 2 rings (SSSR count). The zero-order valence-corrected chi connectivity index (χ0v) is 13.8. The first-order chi connectivity index (χ1) is 9.85. The minimum atomic E-state index is -0.204. The van der Waals surface area contributed by atoms with Gasteiger partial charge >= 0.3 is 0 Å². The highest BCUT2D eigenvalue weighted by Gasteiger charge is 2.12. The minimum absolute atomic E-state index is 0.0792. The van der Waals surface area contributed by atoms with E-state index in [1.165, 1.54) is 6.07 Å². The largest absolute Gasteiger partial charge is 0.366 e. The van der Waals surface area contributed by atoms with Crippen LogP contribution < -0.4 is 10.2 Å². The molecule has 0 bridgehead atoms. The average molecular weight is 307 g/mol. The average Bonchev–Trinajstić information content (AvgIpc) is 2.83. The van der Waals surface area contributed by atoms with Crippen molar-refractivity contribution in [2.24, 2.45) is 0 Å². The first-order valence-electron chi connectivity index (χ1n) is 6.99. The van der Waals surface area contributed by atoms with E-state index in [-0.39, 0.29) is 11.4 Å². The van der Waals surface area contributed by atoms with E-state index in [0.717, 1.165) is 17.2 Å². The summed E-state index contributed by atoms with van der Waals surface area (Å²) in [5.41, 5.74) is 1.65. The lowest BCUT2D eigenvalue weighted by Gasteiger charge is -2.19. The van der Waals surface area contributed by atoms with Gasteiger partial charge < -0.3 is 10.2 Å². The lowest BCUT2D eigenvalue weighted by atomic mass is 10.1. The molecule has 0 atom stereocenters. The van der Waals surface area contributed by atoms with Gasteiger partial charge in [0.05, 0.1) is 17.9 Å². The molecule has 3 nitrogen and oxygen atoms in total. The van der Waals surface area contributed by atoms with E-state index in [1.807, 2.05) is 23.4 Å². The second-order valence-corrected chi connectivity index (χ2v) is 7.09. The van der Waals surface area contributed by atoms with Gasteiger partial charge in [-0.3, -0.25) is 0 Å². The van der Waals surface area contributed by atoms with Gasteiger partial charge in [0.15, 0.2) is 0 Å². The van der Waals surface area contributed by atoms with E-state index in [0.29, 0.717) is 12.2 Å². The molecule has 5 heteroatoms. The normalized spacial score (nSPS) is 11.7. The van der Waals surface area contributed by atoms with Gasteiger partial charge in [0, 0.05) is 24.5 Å². The summed E-state index contributed by atoms with van der Waals surface area (Å²) >= 11 is 1.64. The summed E-state index contributed by atoms with van der Waals surface area (Å²) in [6.07, 6.45) is 0. The Bertz CT molecular complexity index is 589. The number of hydrogen-bond acceptors (Lipinski definition) is 4. The summed E-state index contributed by atoms with van der Waals surface area (Å²) in [6, 6.07) is 6.80. The molecule has 0 fully saturated rings. The Morgan fingerprint density at radius 2 is 2.00 bits per heavy atom. The highest BCUT2D eigenvalue weighted by atomic mass is 32.1. The number of anilines is 1. The van der Waals surface area contributed by atoms with Gasteiger partial charge in [-0.25, -0.2) is 9.37 Å². The third-order valence-electron chi connectivity index (χ3n) is 3.03. The van der Waals surface area contributed by atoms with Crippen LogP contribution in [0.4, 0.5) is 10.1 Å². The molecule has 114 valence electrons. The van der Waals surface area contributed by atoms with Crippen molar-refractivity contribution >= 4 is 17.0 Å². The van der Waals surface area contributed by atoms with Crippen molar-refractivity contribution in [2.45, 2.75) is 39.4 Å². The van der Waals surface area contributed by atoms with Crippen LogP contribution >= 0.6 is 11.3 Å². The minimum Gasteiger partial charge on any atom is -0.366 e. The highest BCUT2D eigenvalue weighted by molar-refractivity contribution is 7.09. The lowest BCUT2D eigenvalue weighted by molar-refractivity contribution is 0.423. The van der Waals surface area contributed by atoms with E-state index >= 15 is 0 Å². The topological polar surface area (TPSA) is 28.2 Å². The quantitative estimate of drug-likeness (QED) is 0.910. The van der Waals surface area contributed by atoms with Crippen LogP contribution in [0.3, 0.4) is 0 Å². The van der Waals surface area contributed by atoms with Crippen molar-refractivity contribution in [3.63, 3.8) is 0 Å². The number of nitrogens with zero attached hydrogens (tertiary/aromatic N) is 2. The molecule has 2 aromatic rings. The molecule has 0 aliphatic rings. The van der Waals surface area contributed by atoms with Gasteiger partial charge in [0.25, 0.3) is 0 Å². The lowest BCUT2D eigenvalue weighted by Crippen LogP contribution is -2.35. The highest BCUT2D eigenvalue weighted by Crippen LogP contribution is 2.20. The summed E-state index contributed by atoms with van der Waals surface area (Å²) in [5.74, 6) is -0.204. The maximum atomic E-state index is 13.7. The van der Waals surface area contributed by atoms with Gasteiger partial charge in [-0.2, -0.15) is 0 Å². The van der Waals surface area contributed by atoms with Crippen LogP contribution in [0.2, 0.25) is 0 Å². The first-order valence-corrected chi connectivity index (χ1v) is 7.87. The summed E-state index contributed by atoms with van der Waals surface area (Å²) in [7, 11) is 1.88. The predicted octanol–water partition coefficient (Wildman–Crippen LogP) is 3.81. The zero-order chi connectivity index (χ0) is 15.5. The van der Waals surface area contributed by atoms with Gasteiger partial charge in [-0.05, 0) is 32.9 Å². The molecule has 0 aliphatic carbocycles. The molecule has 1 N–H and O–H groups in total. The standard InChI is InChI=1S/C16H22FN3S/c1-16(2,3)18-9-15-19-12(11-21-15)10-20(4)14-8-6-5-7-13(14)17/h5-8,11,18H,9-10H2,1-4H3. The van der Waals surface area contributed by atoms with Crippen molar-refractivity contribution in [3.8, 4) is 0 Å². The molecule has 1 aromatic heterocycles. The van der Waals surface area contributed by atoms with Crippen molar-refractivity contribution in [1.82, 2.24) is 10.3 Å². The molecular weight excluding hydrogens is 285 g/mol. The Labute approximate surface area is 129 Å². The van der Waals surface area contributed by atoms with Crippen LogP contribution in [0.5, 0.6) is 0 Å². The zero-order valence-electron chi connectivity index (χ0n) is 13.0. The van der Waals surface area contributed by atoms with Gasteiger partial charge in [-0.15, -0.1) is 11.3 Å². The van der Waals surface area contributed by atoms with Crippen LogP contribution in [-0.2, 0) is 13.1 Å². The van der Waals surface area contributed by atoms with Crippen molar-refractivity contribution in [3.05, 3.63) is 46.2 Å². The molecule has 0 saturated carbocycles. The number of rotatable bonds is 5.